The standard InChI is InChI=1S/C14H19F2NO2/c1-14(2)7-11-10(12(18)8-14)3-4-17(11)5-6-19-9-13(15)16/h3-4,13H,5-9H2,1-2H3. The highest BCUT2D eigenvalue weighted by Crippen LogP contribution is 2.35. The zero-order chi connectivity index (χ0) is 14.0. The number of ketones is 1. The molecule has 106 valence electrons. The van der Waals surface area contributed by atoms with Gasteiger partial charge in [0.05, 0.1) is 6.61 Å². The third-order valence-electron chi connectivity index (χ3n) is 3.38. The van der Waals surface area contributed by atoms with Crippen molar-refractivity contribution in [2.75, 3.05) is 13.2 Å². The van der Waals surface area contributed by atoms with Gasteiger partial charge in [-0.3, -0.25) is 4.79 Å². The second-order valence-corrected chi connectivity index (χ2v) is 5.78. The summed E-state index contributed by atoms with van der Waals surface area (Å²) in [6.07, 6.45) is 0.802. The van der Waals surface area contributed by atoms with Crippen LogP contribution in [-0.4, -0.2) is 30.0 Å². The van der Waals surface area contributed by atoms with Crippen molar-refractivity contribution in [2.45, 2.75) is 39.7 Å². The van der Waals surface area contributed by atoms with Gasteiger partial charge in [-0.1, -0.05) is 13.8 Å². The number of carbonyl (C=O) groups is 1. The molecule has 1 aliphatic rings. The van der Waals surface area contributed by atoms with E-state index in [-0.39, 0.29) is 17.8 Å². The number of fused-ring (bicyclic) bond motifs is 1. The molecular formula is C14H19F2NO2. The molecule has 0 aromatic carbocycles. The quantitative estimate of drug-likeness (QED) is 0.771. The molecule has 3 nitrogen and oxygen atoms in total. The average molecular weight is 271 g/mol. The summed E-state index contributed by atoms with van der Waals surface area (Å²) >= 11 is 0. The topological polar surface area (TPSA) is 31.2 Å². The van der Waals surface area contributed by atoms with E-state index in [1.165, 1.54) is 0 Å². The molecule has 19 heavy (non-hydrogen) atoms. The van der Waals surface area contributed by atoms with Crippen molar-refractivity contribution in [2.24, 2.45) is 5.41 Å². The van der Waals surface area contributed by atoms with Gasteiger partial charge in [-0.25, -0.2) is 8.78 Å². The maximum absolute atomic E-state index is 12.0. The number of rotatable bonds is 5. The zero-order valence-electron chi connectivity index (χ0n) is 11.3. The Morgan fingerprint density at radius 1 is 1.42 bits per heavy atom. The monoisotopic (exact) mass is 271 g/mol. The molecule has 0 N–H and O–H groups in total. The van der Waals surface area contributed by atoms with Gasteiger partial charge in [0.1, 0.15) is 6.61 Å². The van der Waals surface area contributed by atoms with Crippen molar-refractivity contribution in [3.8, 4) is 0 Å². The van der Waals surface area contributed by atoms with Crippen LogP contribution in [0.5, 0.6) is 0 Å². The molecule has 0 aliphatic heterocycles. The number of carbonyl (C=O) groups excluding carboxylic acids is 1. The Balaban J connectivity index is 2.02. The van der Waals surface area contributed by atoms with Gasteiger partial charge in [0, 0.05) is 30.4 Å². The molecule has 0 amide bonds. The smallest absolute Gasteiger partial charge is 0.261 e. The first-order valence-corrected chi connectivity index (χ1v) is 6.46. The molecular weight excluding hydrogens is 252 g/mol. The molecule has 0 bridgehead atoms. The van der Waals surface area contributed by atoms with Gasteiger partial charge in [-0.2, -0.15) is 0 Å². The molecule has 0 radical (unpaired) electrons. The summed E-state index contributed by atoms with van der Waals surface area (Å²) in [5.74, 6) is 0.165. The molecule has 0 spiro atoms. The van der Waals surface area contributed by atoms with E-state index in [0.717, 1.165) is 17.7 Å². The predicted molar refractivity (Wildman–Crippen MR) is 67.7 cm³/mol. The maximum Gasteiger partial charge on any atom is 0.261 e. The number of aromatic nitrogens is 1. The number of alkyl halides is 2. The largest absolute Gasteiger partial charge is 0.374 e. The van der Waals surface area contributed by atoms with E-state index in [9.17, 15) is 13.6 Å². The third kappa shape index (κ3) is 3.41. The van der Waals surface area contributed by atoms with Crippen molar-refractivity contribution in [3.63, 3.8) is 0 Å². The first-order valence-electron chi connectivity index (χ1n) is 6.46. The Hall–Kier alpha value is -1.23. The minimum absolute atomic E-state index is 0.0377. The Kier molecular flexibility index (Phi) is 4.04. The van der Waals surface area contributed by atoms with Crippen LogP contribution in [0.4, 0.5) is 8.78 Å². The number of halogens is 2. The maximum atomic E-state index is 12.0. The van der Waals surface area contributed by atoms with E-state index < -0.39 is 13.0 Å². The van der Waals surface area contributed by atoms with Crippen molar-refractivity contribution in [1.29, 1.82) is 0 Å². The first-order chi connectivity index (χ1) is 8.89. The van der Waals surface area contributed by atoms with Gasteiger partial charge in [0.15, 0.2) is 5.78 Å². The second-order valence-electron chi connectivity index (χ2n) is 5.78. The average Bonchev–Trinajstić information content (AvgIpc) is 2.66. The lowest BCUT2D eigenvalue weighted by Gasteiger charge is -2.29. The highest BCUT2D eigenvalue weighted by atomic mass is 19.3. The highest BCUT2D eigenvalue weighted by Gasteiger charge is 2.32. The fourth-order valence-corrected chi connectivity index (χ4v) is 2.55. The van der Waals surface area contributed by atoms with Gasteiger partial charge in [-0.15, -0.1) is 0 Å². The Bertz CT molecular complexity index is 466. The molecule has 5 heteroatoms. The molecule has 1 aliphatic carbocycles. The Morgan fingerprint density at radius 3 is 2.84 bits per heavy atom. The van der Waals surface area contributed by atoms with E-state index >= 15 is 0 Å². The molecule has 0 saturated carbocycles. The number of ether oxygens (including phenoxy) is 1. The minimum atomic E-state index is -2.43. The summed E-state index contributed by atoms with van der Waals surface area (Å²) in [5.41, 5.74) is 1.74. The van der Waals surface area contributed by atoms with Crippen molar-refractivity contribution >= 4 is 5.78 Å². The van der Waals surface area contributed by atoms with Gasteiger partial charge in [-0.05, 0) is 17.9 Å². The molecule has 1 aromatic rings. The number of Topliss-reactive ketones (excluding diaryl/α,β-unsaturated/α-hetero) is 1. The van der Waals surface area contributed by atoms with Crippen molar-refractivity contribution in [1.82, 2.24) is 4.57 Å². The lowest BCUT2D eigenvalue weighted by Crippen LogP contribution is -2.28. The van der Waals surface area contributed by atoms with Gasteiger partial charge >= 0.3 is 0 Å². The molecule has 0 saturated heterocycles. The van der Waals surface area contributed by atoms with Crippen LogP contribution in [0.25, 0.3) is 0 Å². The Morgan fingerprint density at radius 2 is 2.16 bits per heavy atom. The number of hydrogen-bond acceptors (Lipinski definition) is 2. The predicted octanol–water partition coefficient (Wildman–Crippen LogP) is 2.92. The Labute approximate surface area is 111 Å². The fourth-order valence-electron chi connectivity index (χ4n) is 2.55. The van der Waals surface area contributed by atoms with Gasteiger partial charge < -0.3 is 9.30 Å². The highest BCUT2D eigenvalue weighted by molar-refractivity contribution is 5.98. The summed E-state index contributed by atoms with van der Waals surface area (Å²) in [6.45, 7) is 4.34. The lowest BCUT2D eigenvalue weighted by atomic mass is 9.76. The normalized spacial score (nSPS) is 17.8. The molecule has 0 atom stereocenters. The minimum Gasteiger partial charge on any atom is -0.374 e. The van der Waals surface area contributed by atoms with E-state index in [1.54, 1.807) is 0 Å². The summed E-state index contributed by atoms with van der Waals surface area (Å²) in [4.78, 5) is 12.0. The van der Waals surface area contributed by atoms with E-state index in [4.69, 9.17) is 4.74 Å². The second kappa shape index (κ2) is 5.41. The van der Waals surface area contributed by atoms with E-state index in [2.05, 4.69) is 13.8 Å². The van der Waals surface area contributed by atoms with Crippen LogP contribution in [-0.2, 0) is 17.7 Å². The molecule has 0 unspecified atom stereocenters. The van der Waals surface area contributed by atoms with E-state index in [1.807, 2.05) is 16.8 Å². The summed E-state index contributed by atoms with van der Waals surface area (Å²) < 4.78 is 30.7. The van der Waals surface area contributed by atoms with E-state index in [0.29, 0.717) is 13.0 Å². The first kappa shape index (κ1) is 14.2. The van der Waals surface area contributed by atoms with Gasteiger partial charge in [0.25, 0.3) is 6.43 Å². The number of hydrogen-bond donors (Lipinski definition) is 0. The molecule has 1 heterocycles. The van der Waals surface area contributed by atoms with Crippen molar-refractivity contribution in [3.05, 3.63) is 23.5 Å². The van der Waals surface area contributed by atoms with Crippen LogP contribution >= 0.6 is 0 Å². The van der Waals surface area contributed by atoms with Crippen LogP contribution in [0.15, 0.2) is 12.3 Å². The summed E-state index contributed by atoms with van der Waals surface area (Å²) in [5, 5.41) is 0. The molecule has 1 aromatic heterocycles. The van der Waals surface area contributed by atoms with Crippen LogP contribution in [0, 0.1) is 5.41 Å². The third-order valence-corrected chi connectivity index (χ3v) is 3.38. The molecule has 0 fully saturated rings. The lowest BCUT2D eigenvalue weighted by molar-refractivity contribution is 0.0145. The SMILES string of the molecule is CC1(C)CC(=O)c2ccn(CCOCC(F)F)c2C1. The molecule has 2 rings (SSSR count). The fraction of sp³-hybridized carbons (Fsp3) is 0.643. The van der Waals surface area contributed by atoms with Crippen LogP contribution in [0.3, 0.4) is 0 Å². The zero-order valence-corrected chi connectivity index (χ0v) is 11.3. The van der Waals surface area contributed by atoms with Crippen molar-refractivity contribution < 1.29 is 18.3 Å². The number of nitrogens with zero attached hydrogens (tertiary/aromatic N) is 1. The summed E-state index contributed by atoms with van der Waals surface area (Å²) in [6, 6.07) is 1.82. The van der Waals surface area contributed by atoms with Crippen LogP contribution < -0.4 is 0 Å². The van der Waals surface area contributed by atoms with Crippen LogP contribution in [0.2, 0.25) is 0 Å². The van der Waals surface area contributed by atoms with Gasteiger partial charge in [0.2, 0.25) is 0 Å². The summed E-state index contributed by atoms with van der Waals surface area (Å²) in [7, 11) is 0. The van der Waals surface area contributed by atoms with Crippen LogP contribution in [0.1, 0.15) is 36.3 Å².